The van der Waals surface area contributed by atoms with Gasteiger partial charge in [0.15, 0.2) is 11.5 Å². The second kappa shape index (κ2) is 9.28. The van der Waals surface area contributed by atoms with E-state index in [9.17, 15) is 0 Å². The zero-order chi connectivity index (χ0) is 19.9. The third-order valence-electron chi connectivity index (χ3n) is 4.12. The predicted octanol–water partition coefficient (Wildman–Crippen LogP) is 4.85. The average molecular weight is 399 g/mol. The van der Waals surface area contributed by atoms with Crippen LogP contribution >= 0.6 is 11.6 Å². The lowest BCUT2D eigenvalue weighted by Crippen LogP contribution is -2.09. The van der Waals surface area contributed by atoms with Gasteiger partial charge >= 0.3 is 0 Å². The number of hydrogen-bond donors (Lipinski definition) is 2. The van der Waals surface area contributed by atoms with E-state index < -0.39 is 0 Å². The minimum absolute atomic E-state index is 0.538. The van der Waals surface area contributed by atoms with Crippen LogP contribution in [0, 0.1) is 6.92 Å². The summed E-state index contributed by atoms with van der Waals surface area (Å²) in [6.07, 6.45) is 0.823. The minimum atomic E-state index is 0.538. The van der Waals surface area contributed by atoms with Gasteiger partial charge in [0, 0.05) is 29.0 Å². The molecule has 2 aromatic carbocycles. The topological polar surface area (TPSA) is 68.3 Å². The summed E-state index contributed by atoms with van der Waals surface area (Å²) in [5, 5.41) is 7.24. The molecule has 0 unspecified atom stereocenters. The Morgan fingerprint density at radius 3 is 2.39 bits per heavy atom. The van der Waals surface area contributed by atoms with Gasteiger partial charge in [-0.3, -0.25) is 0 Å². The Balaban J connectivity index is 1.63. The largest absolute Gasteiger partial charge is 0.493 e. The van der Waals surface area contributed by atoms with Gasteiger partial charge in [-0.15, -0.1) is 0 Å². The van der Waals surface area contributed by atoms with Gasteiger partial charge < -0.3 is 20.1 Å². The lowest BCUT2D eigenvalue weighted by Gasteiger charge is -2.11. The number of halogens is 1. The molecule has 0 fully saturated rings. The number of aromatic nitrogens is 2. The van der Waals surface area contributed by atoms with Crippen LogP contribution in [0.5, 0.6) is 11.5 Å². The molecule has 0 aliphatic rings. The molecule has 1 heterocycles. The van der Waals surface area contributed by atoms with Crippen molar-refractivity contribution in [2.75, 3.05) is 31.4 Å². The van der Waals surface area contributed by atoms with E-state index in [1.165, 1.54) is 0 Å². The normalized spacial score (nSPS) is 10.4. The maximum Gasteiger partial charge on any atom is 0.229 e. The van der Waals surface area contributed by atoms with Crippen LogP contribution in [-0.2, 0) is 6.42 Å². The van der Waals surface area contributed by atoms with E-state index in [0.29, 0.717) is 11.0 Å². The first-order valence-electron chi connectivity index (χ1n) is 8.90. The molecule has 7 heteroatoms. The molecule has 146 valence electrons. The van der Waals surface area contributed by atoms with E-state index in [2.05, 4.69) is 20.6 Å². The van der Waals surface area contributed by atoms with Crippen molar-refractivity contribution < 1.29 is 9.47 Å². The number of methoxy groups -OCH3 is 2. The van der Waals surface area contributed by atoms with Crippen LogP contribution in [0.25, 0.3) is 0 Å². The third kappa shape index (κ3) is 5.27. The molecule has 3 rings (SSSR count). The van der Waals surface area contributed by atoms with Crippen LogP contribution in [0.1, 0.15) is 11.3 Å². The highest BCUT2D eigenvalue weighted by atomic mass is 35.5. The van der Waals surface area contributed by atoms with E-state index in [-0.39, 0.29) is 0 Å². The highest BCUT2D eigenvalue weighted by molar-refractivity contribution is 6.30. The maximum absolute atomic E-state index is 5.92. The van der Waals surface area contributed by atoms with Gasteiger partial charge in [-0.2, -0.15) is 4.98 Å². The molecular weight excluding hydrogens is 376 g/mol. The smallest absolute Gasteiger partial charge is 0.229 e. The van der Waals surface area contributed by atoms with E-state index in [1.54, 1.807) is 14.2 Å². The molecule has 0 saturated carbocycles. The number of nitrogens with one attached hydrogen (secondary N) is 2. The van der Waals surface area contributed by atoms with E-state index in [1.807, 2.05) is 55.5 Å². The molecule has 0 saturated heterocycles. The Hall–Kier alpha value is -2.99. The predicted molar refractivity (Wildman–Crippen MR) is 113 cm³/mol. The molecule has 28 heavy (non-hydrogen) atoms. The van der Waals surface area contributed by atoms with Crippen molar-refractivity contribution in [1.29, 1.82) is 0 Å². The first kappa shape index (κ1) is 19.8. The fourth-order valence-electron chi connectivity index (χ4n) is 2.75. The average Bonchev–Trinajstić information content (AvgIpc) is 2.69. The van der Waals surface area contributed by atoms with Crippen molar-refractivity contribution in [3.8, 4) is 11.5 Å². The first-order chi connectivity index (χ1) is 13.6. The minimum Gasteiger partial charge on any atom is -0.493 e. The molecule has 0 spiro atoms. The summed E-state index contributed by atoms with van der Waals surface area (Å²) in [5.41, 5.74) is 2.90. The number of benzene rings is 2. The highest BCUT2D eigenvalue weighted by Gasteiger charge is 2.06. The fourth-order valence-corrected chi connectivity index (χ4v) is 2.87. The SMILES string of the molecule is COc1ccc(CCNc2cc(C)nc(Nc3ccc(Cl)cc3)n2)cc1OC. The summed E-state index contributed by atoms with van der Waals surface area (Å²) in [4.78, 5) is 8.97. The summed E-state index contributed by atoms with van der Waals surface area (Å²) < 4.78 is 10.6. The summed E-state index contributed by atoms with van der Waals surface area (Å²) >= 11 is 5.92. The van der Waals surface area contributed by atoms with Crippen molar-refractivity contribution >= 4 is 29.1 Å². The number of ether oxygens (including phenoxy) is 2. The van der Waals surface area contributed by atoms with Gasteiger partial charge in [-0.1, -0.05) is 17.7 Å². The molecular formula is C21H23ClN4O2. The van der Waals surface area contributed by atoms with E-state index in [4.69, 9.17) is 21.1 Å². The van der Waals surface area contributed by atoms with Gasteiger partial charge in [0.25, 0.3) is 0 Å². The highest BCUT2D eigenvalue weighted by Crippen LogP contribution is 2.27. The van der Waals surface area contributed by atoms with Gasteiger partial charge in [0.05, 0.1) is 14.2 Å². The summed E-state index contributed by atoms with van der Waals surface area (Å²) in [6, 6.07) is 15.3. The molecule has 0 amide bonds. The molecule has 0 bridgehead atoms. The quantitative estimate of drug-likeness (QED) is 0.565. The third-order valence-corrected chi connectivity index (χ3v) is 4.37. The Morgan fingerprint density at radius 1 is 0.929 bits per heavy atom. The number of nitrogens with zero attached hydrogens (tertiary/aromatic N) is 2. The Kier molecular flexibility index (Phi) is 6.55. The van der Waals surface area contributed by atoms with Crippen LogP contribution in [0.3, 0.4) is 0 Å². The zero-order valence-electron chi connectivity index (χ0n) is 16.1. The molecule has 0 aliphatic carbocycles. The number of hydrogen-bond acceptors (Lipinski definition) is 6. The van der Waals surface area contributed by atoms with Crippen LogP contribution in [0.2, 0.25) is 5.02 Å². The lowest BCUT2D eigenvalue weighted by molar-refractivity contribution is 0.354. The second-order valence-corrected chi connectivity index (χ2v) is 6.65. The summed E-state index contributed by atoms with van der Waals surface area (Å²) in [5.74, 6) is 2.76. The number of aryl methyl sites for hydroxylation is 1. The van der Waals surface area contributed by atoms with Crippen molar-refractivity contribution in [3.05, 3.63) is 64.8 Å². The zero-order valence-corrected chi connectivity index (χ0v) is 16.9. The van der Waals surface area contributed by atoms with Gasteiger partial charge in [0.2, 0.25) is 5.95 Å². The monoisotopic (exact) mass is 398 g/mol. The van der Waals surface area contributed by atoms with Gasteiger partial charge in [0.1, 0.15) is 5.82 Å². The van der Waals surface area contributed by atoms with Crippen LogP contribution in [0.4, 0.5) is 17.5 Å². The van der Waals surface area contributed by atoms with Crippen molar-refractivity contribution in [3.63, 3.8) is 0 Å². The second-order valence-electron chi connectivity index (χ2n) is 6.22. The number of rotatable bonds is 8. The molecule has 1 aromatic heterocycles. The van der Waals surface area contributed by atoms with Crippen LogP contribution in [-0.4, -0.2) is 30.7 Å². The summed E-state index contributed by atoms with van der Waals surface area (Å²) in [6.45, 7) is 2.67. The first-order valence-corrected chi connectivity index (χ1v) is 9.28. The standard InChI is InChI=1S/C21H23ClN4O2/c1-14-12-20(26-21(24-14)25-17-7-5-16(22)6-8-17)23-11-10-15-4-9-18(27-2)19(13-15)28-3/h4-9,12-13H,10-11H2,1-3H3,(H2,23,24,25,26). The lowest BCUT2D eigenvalue weighted by atomic mass is 10.1. The molecule has 3 aromatic rings. The summed E-state index contributed by atoms with van der Waals surface area (Å²) in [7, 11) is 3.27. The van der Waals surface area contributed by atoms with E-state index >= 15 is 0 Å². The maximum atomic E-state index is 5.92. The molecule has 0 aliphatic heterocycles. The van der Waals surface area contributed by atoms with Gasteiger partial charge in [-0.25, -0.2) is 4.98 Å². The Bertz CT molecular complexity index is 932. The van der Waals surface area contributed by atoms with Crippen LogP contribution in [0.15, 0.2) is 48.5 Å². The Labute approximate surface area is 169 Å². The Morgan fingerprint density at radius 2 is 1.68 bits per heavy atom. The van der Waals surface area contributed by atoms with Crippen molar-refractivity contribution in [2.45, 2.75) is 13.3 Å². The molecule has 0 atom stereocenters. The van der Waals surface area contributed by atoms with E-state index in [0.717, 1.165) is 47.2 Å². The molecule has 0 radical (unpaired) electrons. The molecule has 2 N–H and O–H groups in total. The van der Waals surface area contributed by atoms with Crippen LogP contribution < -0.4 is 20.1 Å². The van der Waals surface area contributed by atoms with Gasteiger partial charge in [-0.05, 0) is 55.3 Å². The number of anilines is 3. The van der Waals surface area contributed by atoms with Crippen molar-refractivity contribution in [2.24, 2.45) is 0 Å². The van der Waals surface area contributed by atoms with Crippen molar-refractivity contribution in [1.82, 2.24) is 9.97 Å². The fraction of sp³-hybridized carbons (Fsp3) is 0.238. The molecule has 6 nitrogen and oxygen atoms in total.